The van der Waals surface area contributed by atoms with Gasteiger partial charge in [0.1, 0.15) is 5.75 Å². The van der Waals surface area contributed by atoms with E-state index in [1.807, 2.05) is 0 Å². The molecule has 29 heavy (non-hydrogen) atoms. The monoisotopic (exact) mass is 401 g/mol. The van der Waals surface area contributed by atoms with Gasteiger partial charge in [-0.2, -0.15) is 0 Å². The summed E-state index contributed by atoms with van der Waals surface area (Å²) in [5.41, 5.74) is 1.99. The number of aromatic amines is 1. The van der Waals surface area contributed by atoms with Crippen molar-refractivity contribution in [3.63, 3.8) is 0 Å². The lowest BCUT2D eigenvalue weighted by Gasteiger charge is -2.07. The van der Waals surface area contributed by atoms with Crippen LogP contribution in [-0.2, 0) is 14.3 Å². The van der Waals surface area contributed by atoms with Gasteiger partial charge in [0.15, 0.2) is 19.0 Å². The lowest BCUT2D eigenvalue weighted by molar-refractivity contribution is -0.144. The van der Waals surface area contributed by atoms with Crippen LogP contribution >= 0.6 is 0 Å². The smallest absolute Gasteiger partial charge is 0.344 e. The molecule has 0 saturated carbocycles. The lowest BCUT2D eigenvalue weighted by Crippen LogP contribution is -2.20. The summed E-state index contributed by atoms with van der Waals surface area (Å²) < 4.78 is 15.2. The van der Waals surface area contributed by atoms with Gasteiger partial charge in [0.2, 0.25) is 5.78 Å². The molecule has 2 rings (SSSR count). The zero-order valence-electron chi connectivity index (χ0n) is 16.8. The van der Waals surface area contributed by atoms with E-state index < -0.39 is 24.3 Å². The maximum absolute atomic E-state index is 12.4. The Morgan fingerprint density at radius 2 is 1.62 bits per heavy atom. The summed E-state index contributed by atoms with van der Waals surface area (Å²) in [4.78, 5) is 50.3. The van der Waals surface area contributed by atoms with E-state index in [2.05, 4.69) is 4.98 Å². The van der Waals surface area contributed by atoms with Gasteiger partial charge in [-0.25, -0.2) is 9.59 Å². The normalized spacial score (nSPS) is 10.3. The van der Waals surface area contributed by atoms with E-state index in [0.717, 1.165) is 0 Å². The Hall–Kier alpha value is -3.42. The maximum atomic E-state index is 12.4. The third-order valence-electron chi connectivity index (χ3n) is 4.18. The Kier molecular flexibility index (Phi) is 7.30. The topological polar surface area (TPSA) is 112 Å². The van der Waals surface area contributed by atoms with Crippen molar-refractivity contribution in [2.24, 2.45) is 0 Å². The van der Waals surface area contributed by atoms with E-state index in [0.29, 0.717) is 28.1 Å². The Balaban J connectivity index is 1.90. The maximum Gasteiger partial charge on any atom is 0.344 e. The highest BCUT2D eigenvalue weighted by molar-refractivity contribution is 6.02. The zero-order valence-corrected chi connectivity index (χ0v) is 16.8. The van der Waals surface area contributed by atoms with Gasteiger partial charge < -0.3 is 19.2 Å². The molecular formula is C21H23NO7. The number of rotatable bonds is 9. The van der Waals surface area contributed by atoms with Gasteiger partial charge in [-0.15, -0.1) is 0 Å². The summed E-state index contributed by atoms with van der Waals surface area (Å²) in [5.74, 6) is -1.39. The van der Waals surface area contributed by atoms with E-state index in [1.165, 1.54) is 6.92 Å². The number of ether oxygens (including phenoxy) is 3. The number of aryl methyl sites for hydroxylation is 1. The predicted octanol–water partition coefficient (Wildman–Crippen LogP) is 2.82. The molecular weight excluding hydrogens is 378 g/mol. The van der Waals surface area contributed by atoms with Crippen LogP contribution in [0.2, 0.25) is 0 Å². The lowest BCUT2D eigenvalue weighted by atomic mass is 10.1. The first-order valence-corrected chi connectivity index (χ1v) is 9.03. The highest BCUT2D eigenvalue weighted by Crippen LogP contribution is 2.19. The van der Waals surface area contributed by atoms with Gasteiger partial charge >= 0.3 is 11.9 Å². The van der Waals surface area contributed by atoms with Crippen molar-refractivity contribution < 1.29 is 33.4 Å². The number of benzene rings is 1. The van der Waals surface area contributed by atoms with Gasteiger partial charge in [-0.3, -0.25) is 9.59 Å². The molecule has 0 amide bonds. The molecule has 0 aliphatic heterocycles. The number of hydrogen-bond donors (Lipinski definition) is 1. The number of carbonyl (C=O) groups excluding carboxylic acids is 4. The molecule has 154 valence electrons. The van der Waals surface area contributed by atoms with Gasteiger partial charge in [-0.05, 0) is 57.5 Å². The second-order valence-electron chi connectivity index (χ2n) is 6.30. The molecule has 8 heteroatoms. The third kappa shape index (κ3) is 5.54. The molecule has 0 radical (unpaired) electrons. The number of H-pyrrole nitrogens is 1. The molecule has 0 bridgehead atoms. The van der Waals surface area contributed by atoms with Gasteiger partial charge in [-0.1, -0.05) is 0 Å². The second-order valence-corrected chi connectivity index (χ2v) is 6.30. The largest absolute Gasteiger partial charge is 0.482 e. The molecule has 1 aromatic heterocycles. The summed E-state index contributed by atoms with van der Waals surface area (Å²) in [6.45, 7) is 5.78. The fraction of sp³-hybridized carbons (Fsp3) is 0.333. The quantitative estimate of drug-likeness (QED) is 0.508. The molecule has 0 fully saturated rings. The molecule has 8 nitrogen and oxygen atoms in total. The zero-order chi connectivity index (χ0) is 21.6. The van der Waals surface area contributed by atoms with Crippen molar-refractivity contribution in [1.82, 2.24) is 4.98 Å². The summed E-state index contributed by atoms with van der Waals surface area (Å²) in [6.07, 6.45) is 0. The van der Waals surface area contributed by atoms with Crippen molar-refractivity contribution in [3.8, 4) is 5.75 Å². The Labute approximate surface area is 168 Å². The van der Waals surface area contributed by atoms with Gasteiger partial charge in [0.25, 0.3) is 0 Å². The Bertz CT molecular complexity index is 925. The highest BCUT2D eigenvalue weighted by Gasteiger charge is 2.23. The van der Waals surface area contributed by atoms with Crippen molar-refractivity contribution in [1.29, 1.82) is 0 Å². The third-order valence-corrected chi connectivity index (χ3v) is 4.18. The van der Waals surface area contributed by atoms with Crippen LogP contribution in [-0.4, -0.2) is 48.3 Å². The fourth-order valence-corrected chi connectivity index (χ4v) is 2.73. The average molecular weight is 401 g/mol. The number of Topliss-reactive ketones (excluding diaryl/α,β-unsaturated/α-hetero) is 2. The van der Waals surface area contributed by atoms with Crippen LogP contribution in [0.3, 0.4) is 0 Å². The first-order chi connectivity index (χ1) is 13.7. The van der Waals surface area contributed by atoms with Crippen molar-refractivity contribution in [2.75, 3.05) is 19.8 Å². The van der Waals surface area contributed by atoms with Crippen LogP contribution in [0.5, 0.6) is 5.75 Å². The Morgan fingerprint density at radius 3 is 2.21 bits per heavy atom. The number of carbonyl (C=O) groups is 4. The van der Waals surface area contributed by atoms with Gasteiger partial charge in [0, 0.05) is 11.3 Å². The van der Waals surface area contributed by atoms with Crippen LogP contribution in [0, 0.1) is 13.8 Å². The van der Waals surface area contributed by atoms with Crippen LogP contribution in [0.25, 0.3) is 0 Å². The van der Waals surface area contributed by atoms with Crippen molar-refractivity contribution >= 4 is 23.5 Å². The molecule has 0 unspecified atom stereocenters. The van der Waals surface area contributed by atoms with E-state index in [-0.39, 0.29) is 24.7 Å². The molecule has 0 aliphatic rings. The number of hydrogen-bond acceptors (Lipinski definition) is 7. The molecule has 0 atom stereocenters. The van der Waals surface area contributed by atoms with Crippen LogP contribution in [0.1, 0.15) is 56.3 Å². The minimum atomic E-state index is -0.722. The highest BCUT2D eigenvalue weighted by atomic mass is 16.6. The molecule has 1 heterocycles. The first-order valence-electron chi connectivity index (χ1n) is 9.03. The second kappa shape index (κ2) is 9.68. The minimum Gasteiger partial charge on any atom is -0.482 e. The predicted molar refractivity (Wildman–Crippen MR) is 103 cm³/mol. The number of ketones is 2. The molecule has 0 aliphatic carbocycles. The Morgan fingerprint density at radius 1 is 0.966 bits per heavy atom. The fourth-order valence-electron chi connectivity index (χ4n) is 2.73. The summed E-state index contributed by atoms with van der Waals surface area (Å²) in [5, 5.41) is 0. The molecule has 0 saturated heterocycles. The van der Waals surface area contributed by atoms with E-state index in [1.54, 1.807) is 45.0 Å². The summed E-state index contributed by atoms with van der Waals surface area (Å²) in [7, 11) is 0. The standard InChI is InChI=1S/C21H23NO7/c1-5-27-21(26)19-12(2)20(22-13(19)3)17(24)10-29-18(25)11-28-16-8-6-15(7-9-16)14(4)23/h6-9,22H,5,10-11H2,1-4H3. The summed E-state index contributed by atoms with van der Waals surface area (Å²) in [6, 6.07) is 6.31. The van der Waals surface area contributed by atoms with Crippen LogP contribution in [0.15, 0.2) is 24.3 Å². The number of nitrogens with one attached hydrogen (secondary N) is 1. The molecule has 0 spiro atoms. The first kappa shape index (κ1) is 21.9. The molecule has 2 aromatic rings. The molecule has 1 aromatic carbocycles. The van der Waals surface area contributed by atoms with Crippen LogP contribution < -0.4 is 4.74 Å². The van der Waals surface area contributed by atoms with E-state index >= 15 is 0 Å². The number of aromatic nitrogens is 1. The summed E-state index contributed by atoms with van der Waals surface area (Å²) >= 11 is 0. The average Bonchev–Trinajstić information content (AvgIpc) is 2.99. The van der Waals surface area contributed by atoms with E-state index in [9.17, 15) is 19.2 Å². The SMILES string of the molecule is CCOC(=O)c1c(C)[nH]c(C(=O)COC(=O)COc2ccc(C(C)=O)cc2)c1C. The molecule has 1 N–H and O–H groups in total. The van der Waals surface area contributed by atoms with Crippen molar-refractivity contribution in [2.45, 2.75) is 27.7 Å². The minimum absolute atomic E-state index is 0.0737. The van der Waals surface area contributed by atoms with Crippen LogP contribution in [0.4, 0.5) is 0 Å². The van der Waals surface area contributed by atoms with Crippen molar-refractivity contribution in [3.05, 3.63) is 52.3 Å². The van der Waals surface area contributed by atoms with Gasteiger partial charge in [0.05, 0.1) is 17.9 Å². The number of esters is 2. The van der Waals surface area contributed by atoms with E-state index in [4.69, 9.17) is 14.2 Å².